The minimum Gasteiger partial charge on any atom is -0.383 e. The summed E-state index contributed by atoms with van der Waals surface area (Å²) in [5.41, 5.74) is 16.4. The van der Waals surface area contributed by atoms with Crippen LogP contribution in [0.5, 0.6) is 0 Å². The van der Waals surface area contributed by atoms with E-state index in [2.05, 4.69) is 24.8 Å². The minimum absolute atomic E-state index is 0.195. The highest BCUT2D eigenvalue weighted by Gasteiger charge is 2.18. The molecule has 0 atom stereocenters. The Morgan fingerprint density at radius 1 is 1.17 bits per heavy atom. The van der Waals surface area contributed by atoms with Gasteiger partial charge in [0.15, 0.2) is 0 Å². The molecule has 5 N–H and O–H groups in total. The fourth-order valence-corrected chi connectivity index (χ4v) is 3.03. The van der Waals surface area contributed by atoms with E-state index < -0.39 is 0 Å². The third-order valence-corrected chi connectivity index (χ3v) is 4.22. The molecule has 1 aromatic carbocycles. The Morgan fingerprint density at radius 2 is 2.00 bits per heavy atom. The van der Waals surface area contributed by atoms with Gasteiger partial charge in [0.05, 0.1) is 36.3 Å². The molecule has 2 aromatic heterocycles. The Labute approximate surface area is 138 Å². The summed E-state index contributed by atoms with van der Waals surface area (Å²) in [6.45, 7) is 3.84. The number of nitrogens with two attached hydrogens (primary N) is 2. The van der Waals surface area contributed by atoms with Crippen molar-refractivity contribution in [2.45, 2.75) is 6.54 Å². The van der Waals surface area contributed by atoms with Crippen molar-refractivity contribution >= 4 is 22.8 Å². The van der Waals surface area contributed by atoms with E-state index in [-0.39, 0.29) is 5.95 Å². The van der Waals surface area contributed by atoms with E-state index in [1.54, 1.807) is 6.33 Å². The zero-order valence-electron chi connectivity index (χ0n) is 13.2. The number of nitrogens with one attached hydrogen (secondary N) is 1. The number of rotatable bonds is 3. The van der Waals surface area contributed by atoms with Gasteiger partial charge in [0.2, 0.25) is 5.95 Å². The van der Waals surface area contributed by atoms with E-state index in [0.29, 0.717) is 12.4 Å². The van der Waals surface area contributed by atoms with Crippen LogP contribution in [-0.4, -0.2) is 51.1 Å². The quantitative estimate of drug-likeness (QED) is 0.657. The van der Waals surface area contributed by atoms with Crippen molar-refractivity contribution < 1.29 is 4.74 Å². The summed E-state index contributed by atoms with van der Waals surface area (Å²) in [4.78, 5) is 18.3. The molecule has 4 rings (SSSR count). The average Bonchev–Trinajstić information content (AvgIpc) is 3.03. The third-order valence-electron chi connectivity index (χ3n) is 4.22. The number of benzene rings is 1. The lowest BCUT2D eigenvalue weighted by atomic mass is 10.0. The molecular formula is C16H19N7O. The summed E-state index contributed by atoms with van der Waals surface area (Å²) in [7, 11) is 0. The molecule has 1 saturated heterocycles. The van der Waals surface area contributed by atoms with Crippen molar-refractivity contribution in [2.24, 2.45) is 0 Å². The molecule has 0 bridgehead atoms. The van der Waals surface area contributed by atoms with Gasteiger partial charge in [-0.15, -0.1) is 0 Å². The van der Waals surface area contributed by atoms with Gasteiger partial charge in [-0.2, -0.15) is 4.98 Å². The summed E-state index contributed by atoms with van der Waals surface area (Å²) in [5.74, 6) is 0.584. The Hall–Kier alpha value is -2.71. The maximum Gasteiger partial charge on any atom is 0.222 e. The van der Waals surface area contributed by atoms with Gasteiger partial charge < -0.3 is 21.2 Å². The lowest BCUT2D eigenvalue weighted by Crippen LogP contribution is -2.36. The molecule has 0 amide bonds. The molecule has 0 unspecified atom stereocenters. The van der Waals surface area contributed by atoms with Crippen LogP contribution in [-0.2, 0) is 11.3 Å². The number of aromatic amines is 1. The molecule has 124 valence electrons. The fraction of sp³-hybridized carbons (Fsp3) is 0.312. The van der Waals surface area contributed by atoms with Crippen LogP contribution in [0, 0.1) is 0 Å². The molecular weight excluding hydrogens is 306 g/mol. The highest BCUT2D eigenvalue weighted by molar-refractivity contribution is 5.85. The summed E-state index contributed by atoms with van der Waals surface area (Å²) < 4.78 is 5.40. The first-order chi connectivity index (χ1) is 11.7. The van der Waals surface area contributed by atoms with E-state index in [1.165, 1.54) is 0 Å². The largest absolute Gasteiger partial charge is 0.383 e. The lowest BCUT2D eigenvalue weighted by Gasteiger charge is -2.27. The number of aromatic nitrogens is 4. The molecule has 0 saturated carbocycles. The Kier molecular flexibility index (Phi) is 3.75. The van der Waals surface area contributed by atoms with Crippen molar-refractivity contribution in [3.8, 4) is 11.1 Å². The van der Waals surface area contributed by atoms with Crippen LogP contribution in [0.15, 0.2) is 24.5 Å². The summed E-state index contributed by atoms with van der Waals surface area (Å²) in [5, 5.41) is 0. The number of ether oxygens (including phenoxy) is 1. The molecule has 8 nitrogen and oxygen atoms in total. The lowest BCUT2D eigenvalue weighted by molar-refractivity contribution is 0.0337. The van der Waals surface area contributed by atoms with Gasteiger partial charge in [-0.3, -0.25) is 4.90 Å². The second kappa shape index (κ2) is 6.06. The number of hydrogen-bond donors (Lipinski definition) is 3. The number of fused-ring (bicyclic) bond motifs is 1. The van der Waals surface area contributed by atoms with Gasteiger partial charge in [-0.1, -0.05) is 6.07 Å². The molecule has 24 heavy (non-hydrogen) atoms. The Balaban J connectivity index is 1.77. The zero-order valence-corrected chi connectivity index (χ0v) is 13.2. The van der Waals surface area contributed by atoms with Crippen molar-refractivity contribution in [3.05, 3.63) is 30.2 Å². The van der Waals surface area contributed by atoms with Crippen LogP contribution >= 0.6 is 0 Å². The van der Waals surface area contributed by atoms with E-state index in [9.17, 15) is 0 Å². The van der Waals surface area contributed by atoms with Gasteiger partial charge in [-0.25, -0.2) is 9.97 Å². The molecule has 3 heterocycles. The number of hydrogen-bond acceptors (Lipinski definition) is 7. The summed E-state index contributed by atoms with van der Waals surface area (Å²) in [6.07, 6.45) is 1.67. The second-order valence-corrected chi connectivity index (χ2v) is 5.81. The number of imidazole rings is 1. The van der Waals surface area contributed by atoms with Crippen LogP contribution in [0.2, 0.25) is 0 Å². The Morgan fingerprint density at radius 3 is 2.83 bits per heavy atom. The molecule has 1 fully saturated rings. The predicted molar refractivity (Wildman–Crippen MR) is 92.0 cm³/mol. The number of anilines is 2. The number of H-pyrrole nitrogens is 1. The maximum absolute atomic E-state index is 6.18. The highest BCUT2D eigenvalue weighted by Crippen LogP contribution is 2.31. The first-order valence-electron chi connectivity index (χ1n) is 7.86. The van der Waals surface area contributed by atoms with Gasteiger partial charge in [0.25, 0.3) is 0 Å². The first-order valence-corrected chi connectivity index (χ1v) is 7.86. The molecule has 1 aliphatic heterocycles. The van der Waals surface area contributed by atoms with Gasteiger partial charge in [0.1, 0.15) is 5.82 Å². The van der Waals surface area contributed by atoms with Gasteiger partial charge in [-0.05, 0) is 17.7 Å². The normalized spacial score (nSPS) is 15.8. The van der Waals surface area contributed by atoms with Gasteiger partial charge >= 0.3 is 0 Å². The molecule has 0 radical (unpaired) electrons. The summed E-state index contributed by atoms with van der Waals surface area (Å²) >= 11 is 0. The minimum atomic E-state index is 0.195. The van der Waals surface area contributed by atoms with Crippen LogP contribution in [0.1, 0.15) is 5.69 Å². The van der Waals surface area contributed by atoms with Crippen molar-refractivity contribution in [1.29, 1.82) is 0 Å². The zero-order chi connectivity index (χ0) is 16.5. The maximum atomic E-state index is 6.18. The predicted octanol–water partition coefficient (Wildman–Crippen LogP) is 1.02. The van der Waals surface area contributed by atoms with Crippen LogP contribution in [0.25, 0.3) is 22.2 Å². The third kappa shape index (κ3) is 2.77. The second-order valence-electron chi connectivity index (χ2n) is 5.81. The number of nitrogens with zero attached hydrogens (tertiary/aromatic N) is 4. The molecule has 0 aliphatic carbocycles. The van der Waals surface area contributed by atoms with E-state index in [0.717, 1.165) is 54.2 Å². The van der Waals surface area contributed by atoms with E-state index >= 15 is 0 Å². The van der Waals surface area contributed by atoms with Crippen LogP contribution in [0.3, 0.4) is 0 Å². The fourth-order valence-electron chi connectivity index (χ4n) is 3.03. The topological polar surface area (TPSA) is 119 Å². The van der Waals surface area contributed by atoms with Crippen LogP contribution in [0.4, 0.5) is 11.8 Å². The highest BCUT2D eigenvalue weighted by atomic mass is 16.5. The number of morpholine rings is 1. The molecule has 0 spiro atoms. The van der Waals surface area contributed by atoms with Crippen molar-refractivity contribution in [1.82, 2.24) is 24.8 Å². The Bertz CT molecular complexity index is 870. The molecule has 8 heteroatoms. The number of nitrogen functional groups attached to an aromatic ring is 2. The SMILES string of the molecule is Nc1nc(N)c(-c2ccc3[nH]cnc3c2)c(CN2CCOCC2)n1. The van der Waals surface area contributed by atoms with E-state index in [1.807, 2.05) is 18.2 Å². The van der Waals surface area contributed by atoms with Crippen molar-refractivity contribution in [2.75, 3.05) is 37.8 Å². The van der Waals surface area contributed by atoms with E-state index in [4.69, 9.17) is 16.2 Å². The molecule has 1 aliphatic rings. The summed E-state index contributed by atoms with van der Waals surface area (Å²) in [6, 6.07) is 5.96. The van der Waals surface area contributed by atoms with Crippen LogP contribution < -0.4 is 11.5 Å². The van der Waals surface area contributed by atoms with Crippen molar-refractivity contribution in [3.63, 3.8) is 0 Å². The monoisotopic (exact) mass is 325 g/mol. The smallest absolute Gasteiger partial charge is 0.222 e. The standard InChI is InChI=1S/C16H19N7O/c17-15-14(10-1-2-11-12(7-10)20-9-19-11)13(21-16(18)22-15)8-23-3-5-24-6-4-23/h1-2,7,9H,3-6,8H2,(H,19,20)(H4,17,18,21,22). The first kappa shape index (κ1) is 14.9. The average molecular weight is 325 g/mol. The molecule has 3 aromatic rings. The van der Waals surface area contributed by atoms with Gasteiger partial charge in [0, 0.05) is 25.2 Å².